The molecular formula is C28H19N2Na3O11S3. The molecule has 1 aliphatic carbocycles. The van der Waals surface area contributed by atoms with Crippen molar-refractivity contribution in [3.63, 3.8) is 0 Å². The molecule has 4 aromatic carbocycles. The van der Waals surface area contributed by atoms with Crippen molar-refractivity contribution in [2.75, 3.05) is 10.6 Å². The number of hydrogen-bond donors (Lipinski definition) is 2. The number of hydrogen-bond acceptors (Lipinski definition) is 13. The molecule has 0 amide bonds. The SMILES string of the molecule is Cc1ccc(Nc2ccc(Nc3ccc(C)cc3S(=O)(=O)[O-])c3c2C(=O)c2ccc(S(=O)(=O)[O-])cc2C3=O)c(S(=O)(=O)[O-])c1.[Na+].[Na+].[Na+]. The van der Waals surface area contributed by atoms with Crippen LogP contribution in [-0.4, -0.2) is 50.5 Å². The largest absolute Gasteiger partial charge is 1.00 e. The summed E-state index contributed by atoms with van der Waals surface area (Å²) >= 11 is 0. The molecule has 0 saturated heterocycles. The van der Waals surface area contributed by atoms with Crippen molar-refractivity contribution in [2.45, 2.75) is 28.5 Å². The Morgan fingerprint density at radius 3 is 1.26 bits per heavy atom. The molecule has 19 heteroatoms. The Morgan fingerprint density at radius 1 is 0.489 bits per heavy atom. The topological polar surface area (TPSA) is 230 Å². The van der Waals surface area contributed by atoms with Gasteiger partial charge in [0.2, 0.25) is 0 Å². The van der Waals surface area contributed by atoms with Crippen LogP contribution in [0.3, 0.4) is 0 Å². The number of ketones is 2. The molecule has 0 radical (unpaired) electrons. The van der Waals surface area contributed by atoms with Crippen molar-refractivity contribution in [3.8, 4) is 0 Å². The molecule has 47 heavy (non-hydrogen) atoms. The van der Waals surface area contributed by atoms with Crippen LogP contribution in [0.4, 0.5) is 22.7 Å². The van der Waals surface area contributed by atoms with Crippen LogP contribution in [-0.2, 0) is 30.4 Å². The number of anilines is 4. The molecule has 5 rings (SSSR count). The number of nitrogens with one attached hydrogen (secondary N) is 2. The van der Waals surface area contributed by atoms with E-state index < -0.39 is 67.7 Å². The smallest absolute Gasteiger partial charge is 0.744 e. The van der Waals surface area contributed by atoms with E-state index in [1.807, 2.05) is 0 Å². The summed E-state index contributed by atoms with van der Waals surface area (Å²) < 4.78 is 107. The van der Waals surface area contributed by atoms with Crippen LogP contribution in [0.1, 0.15) is 43.0 Å². The molecule has 2 N–H and O–H groups in total. The van der Waals surface area contributed by atoms with Gasteiger partial charge >= 0.3 is 88.7 Å². The molecule has 0 unspecified atom stereocenters. The molecule has 0 bridgehead atoms. The summed E-state index contributed by atoms with van der Waals surface area (Å²) in [6, 6.07) is 12.8. The molecule has 0 saturated carbocycles. The van der Waals surface area contributed by atoms with Crippen LogP contribution < -0.4 is 99.3 Å². The van der Waals surface area contributed by atoms with E-state index in [9.17, 15) is 48.5 Å². The summed E-state index contributed by atoms with van der Waals surface area (Å²) in [5.74, 6) is -1.81. The molecule has 0 aromatic heterocycles. The van der Waals surface area contributed by atoms with Gasteiger partial charge in [-0.2, -0.15) is 0 Å². The predicted octanol–water partition coefficient (Wildman–Crippen LogP) is -5.71. The third kappa shape index (κ3) is 8.65. The molecule has 0 atom stereocenters. The maximum atomic E-state index is 13.9. The van der Waals surface area contributed by atoms with E-state index in [0.29, 0.717) is 11.1 Å². The molecular weight excluding hydrogens is 705 g/mol. The van der Waals surface area contributed by atoms with Crippen LogP contribution in [0.5, 0.6) is 0 Å². The Balaban J connectivity index is 0.00000256. The minimum Gasteiger partial charge on any atom is -0.744 e. The maximum absolute atomic E-state index is 13.9. The van der Waals surface area contributed by atoms with Gasteiger partial charge in [0.05, 0.1) is 48.6 Å². The normalized spacial score (nSPS) is 12.4. The van der Waals surface area contributed by atoms with E-state index in [1.54, 1.807) is 13.8 Å². The van der Waals surface area contributed by atoms with Crippen molar-refractivity contribution >= 4 is 64.7 Å². The minimum atomic E-state index is -5.04. The molecule has 0 aliphatic heterocycles. The first-order chi connectivity index (χ1) is 20.4. The van der Waals surface area contributed by atoms with Gasteiger partial charge < -0.3 is 24.3 Å². The number of benzene rings is 4. The molecule has 1 aliphatic rings. The summed E-state index contributed by atoms with van der Waals surface area (Å²) in [6.45, 7) is 3.10. The zero-order valence-electron chi connectivity index (χ0n) is 25.6. The third-order valence-electron chi connectivity index (χ3n) is 6.78. The molecule has 0 heterocycles. The monoisotopic (exact) mass is 724 g/mol. The molecule has 228 valence electrons. The van der Waals surface area contributed by atoms with Gasteiger partial charge in [-0.05, 0) is 79.6 Å². The van der Waals surface area contributed by atoms with Gasteiger partial charge in [0.1, 0.15) is 30.4 Å². The van der Waals surface area contributed by atoms with E-state index >= 15 is 0 Å². The Morgan fingerprint density at radius 2 is 0.872 bits per heavy atom. The maximum Gasteiger partial charge on any atom is 1.00 e. The van der Waals surface area contributed by atoms with Gasteiger partial charge in [-0.3, -0.25) is 9.59 Å². The number of rotatable bonds is 7. The van der Waals surface area contributed by atoms with E-state index in [4.69, 9.17) is 0 Å². The van der Waals surface area contributed by atoms with Crippen molar-refractivity contribution in [1.29, 1.82) is 0 Å². The van der Waals surface area contributed by atoms with E-state index in [0.717, 1.165) is 30.3 Å². The first-order valence-electron chi connectivity index (χ1n) is 12.4. The van der Waals surface area contributed by atoms with E-state index in [1.165, 1.54) is 36.4 Å². The summed E-state index contributed by atoms with van der Waals surface area (Å²) in [6.07, 6.45) is 0. The summed E-state index contributed by atoms with van der Waals surface area (Å²) in [5.41, 5.74) is -1.39. The van der Waals surface area contributed by atoms with Gasteiger partial charge in [-0.15, -0.1) is 0 Å². The van der Waals surface area contributed by atoms with E-state index in [2.05, 4.69) is 10.6 Å². The molecule has 0 spiro atoms. The molecule has 0 fully saturated rings. The Kier molecular flexibility index (Phi) is 13.5. The third-order valence-corrected chi connectivity index (χ3v) is 9.36. The minimum absolute atomic E-state index is 0. The van der Waals surface area contributed by atoms with Crippen molar-refractivity contribution < 1.29 is 137 Å². The standard InChI is InChI=1S/C28H22N2O11S3.3Na/c1-14-3-7-19(23(11-14)43(36,37)38)29-21-9-10-22(30-20-8-4-15(2)12-24(20)44(39,40)41)26-25(21)27(31)17-6-5-16(42(33,34)35)13-18(17)28(26)32;;;/h3-13,29-30H,1-2H3,(H,33,34,35)(H,36,37,38)(H,39,40,41);;;/q;3*+1/p-3. The zero-order valence-corrected chi connectivity index (χ0v) is 34.0. The fraction of sp³-hybridized carbons (Fsp3) is 0.0714. The quantitative estimate of drug-likeness (QED) is 0.118. The average molecular weight is 725 g/mol. The number of aryl methyl sites for hydroxylation is 2. The summed E-state index contributed by atoms with van der Waals surface area (Å²) in [5, 5.41) is 5.40. The van der Waals surface area contributed by atoms with Crippen LogP contribution in [0.25, 0.3) is 0 Å². The fourth-order valence-electron chi connectivity index (χ4n) is 4.79. The van der Waals surface area contributed by atoms with Gasteiger partial charge in [0.15, 0.2) is 11.6 Å². The first kappa shape index (κ1) is 41.7. The molecule has 13 nitrogen and oxygen atoms in total. The van der Waals surface area contributed by atoms with Crippen LogP contribution in [0.2, 0.25) is 0 Å². The van der Waals surface area contributed by atoms with Crippen LogP contribution in [0.15, 0.2) is 81.4 Å². The number of carbonyl (C=O) groups is 2. The summed E-state index contributed by atoms with van der Waals surface area (Å²) in [4.78, 5) is 25.7. The average Bonchev–Trinajstić information content (AvgIpc) is 2.92. The van der Waals surface area contributed by atoms with Gasteiger partial charge in [0, 0.05) is 11.1 Å². The van der Waals surface area contributed by atoms with Crippen LogP contribution >= 0.6 is 0 Å². The van der Waals surface area contributed by atoms with Crippen molar-refractivity contribution in [3.05, 3.63) is 100 Å². The Labute approximate surface area is 337 Å². The summed E-state index contributed by atoms with van der Waals surface area (Å²) in [7, 11) is -15.1. The van der Waals surface area contributed by atoms with E-state index in [-0.39, 0.29) is 123 Å². The number of carbonyl (C=O) groups excluding carboxylic acids is 2. The fourth-order valence-corrected chi connectivity index (χ4v) is 6.72. The van der Waals surface area contributed by atoms with Gasteiger partial charge in [0.25, 0.3) is 0 Å². The Hall–Kier alpha value is -1.45. The second-order valence-electron chi connectivity index (χ2n) is 9.89. The predicted molar refractivity (Wildman–Crippen MR) is 153 cm³/mol. The Bertz CT molecular complexity index is 2280. The first-order valence-corrected chi connectivity index (χ1v) is 16.6. The second kappa shape index (κ2) is 15.2. The second-order valence-corrected chi connectivity index (χ2v) is 14.0. The van der Waals surface area contributed by atoms with Gasteiger partial charge in [-0.25, -0.2) is 25.3 Å². The van der Waals surface area contributed by atoms with Crippen LogP contribution in [0, 0.1) is 13.8 Å². The van der Waals surface area contributed by atoms with Gasteiger partial charge in [-0.1, -0.05) is 12.1 Å². The molecule has 4 aromatic rings. The van der Waals surface area contributed by atoms with Crippen molar-refractivity contribution in [1.82, 2.24) is 0 Å². The number of fused-ring (bicyclic) bond motifs is 2. The zero-order chi connectivity index (χ0) is 32.4. The van der Waals surface area contributed by atoms with Crippen molar-refractivity contribution in [2.24, 2.45) is 0 Å².